The second-order valence-electron chi connectivity index (χ2n) is 8.30. The zero-order valence-corrected chi connectivity index (χ0v) is 18.1. The zero-order chi connectivity index (χ0) is 22.1. The van der Waals surface area contributed by atoms with Crippen LogP contribution in [0.15, 0.2) is 65.8 Å². The molecule has 0 amide bonds. The number of hydrogen-bond donors (Lipinski definition) is 2. The van der Waals surface area contributed by atoms with Crippen LogP contribution in [0.2, 0.25) is 0 Å². The maximum absolute atomic E-state index is 12.6. The highest BCUT2D eigenvalue weighted by molar-refractivity contribution is 7.22. The summed E-state index contributed by atoms with van der Waals surface area (Å²) in [5.41, 5.74) is 0.788. The summed E-state index contributed by atoms with van der Waals surface area (Å²) in [6.07, 6.45) is 6.21. The Bertz CT molecular complexity index is 1160. The molecule has 7 heteroatoms. The van der Waals surface area contributed by atoms with E-state index in [1.54, 1.807) is 43.5 Å². The molecule has 0 radical (unpaired) electrons. The molecule has 1 aliphatic rings. The number of carboxylic acids is 1. The Morgan fingerprint density at radius 2 is 1.90 bits per heavy atom. The molecule has 4 rings (SSSR count). The highest BCUT2D eigenvalue weighted by Gasteiger charge is 2.33. The van der Waals surface area contributed by atoms with Crippen LogP contribution in [-0.4, -0.2) is 28.1 Å². The van der Waals surface area contributed by atoms with E-state index < -0.39 is 16.9 Å². The number of fused-ring (bicyclic) bond motifs is 1. The molecule has 0 saturated carbocycles. The molecule has 0 spiro atoms. The maximum atomic E-state index is 12.6. The van der Waals surface area contributed by atoms with E-state index in [1.165, 1.54) is 0 Å². The van der Waals surface area contributed by atoms with Crippen LogP contribution >= 0.6 is 11.3 Å². The van der Waals surface area contributed by atoms with Gasteiger partial charge in [-0.1, -0.05) is 47.7 Å². The fourth-order valence-corrected chi connectivity index (χ4v) is 4.47. The van der Waals surface area contributed by atoms with Gasteiger partial charge >= 0.3 is 5.97 Å². The van der Waals surface area contributed by atoms with E-state index >= 15 is 0 Å². The molecule has 0 saturated heterocycles. The molecule has 2 heterocycles. The smallest absolute Gasteiger partial charge is 0.309 e. The second-order valence-corrected chi connectivity index (χ2v) is 9.33. The van der Waals surface area contributed by atoms with Gasteiger partial charge in [-0.05, 0) is 37.6 Å². The third-order valence-electron chi connectivity index (χ3n) is 5.49. The summed E-state index contributed by atoms with van der Waals surface area (Å²) >= 11 is 1.59. The summed E-state index contributed by atoms with van der Waals surface area (Å²) < 4.78 is 1.11. The largest absolute Gasteiger partial charge is 0.481 e. The molecular formula is C24H23N3O3S. The fourth-order valence-electron chi connectivity index (χ4n) is 3.52. The molecule has 158 valence electrons. The number of nitrogens with zero attached hydrogens (tertiary/aromatic N) is 2. The normalized spacial score (nSPS) is 18.3. The first-order valence-corrected chi connectivity index (χ1v) is 10.8. The monoisotopic (exact) mass is 433 g/mol. The number of nitrogens with one attached hydrogen (secondary N) is 1. The van der Waals surface area contributed by atoms with Crippen molar-refractivity contribution in [2.45, 2.75) is 32.2 Å². The number of hydrogen-bond acceptors (Lipinski definition) is 6. The van der Waals surface area contributed by atoms with Gasteiger partial charge in [0.1, 0.15) is 0 Å². The van der Waals surface area contributed by atoms with E-state index in [0.29, 0.717) is 12.0 Å². The summed E-state index contributed by atoms with van der Waals surface area (Å²) in [7, 11) is 0. The van der Waals surface area contributed by atoms with Gasteiger partial charge in [-0.2, -0.15) is 0 Å². The molecule has 2 aromatic carbocycles. The molecule has 0 bridgehead atoms. The lowest BCUT2D eigenvalue weighted by Gasteiger charge is -2.32. The molecule has 1 atom stereocenters. The number of Topliss-reactive ketones (excluding diaryl/α,β-unsaturated/α-hetero) is 1. The summed E-state index contributed by atoms with van der Waals surface area (Å²) in [6.45, 7) is 3.12. The van der Waals surface area contributed by atoms with Crippen molar-refractivity contribution in [2.24, 2.45) is 10.4 Å². The van der Waals surface area contributed by atoms with E-state index in [2.05, 4.69) is 10.3 Å². The van der Waals surface area contributed by atoms with Crippen molar-refractivity contribution < 1.29 is 14.7 Å². The molecule has 0 fully saturated rings. The van der Waals surface area contributed by atoms with E-state index in [9.17, 15) is 14.7 Å². The lowest BCUT2D eigenvalue weighted by atomic mass is 9.83. The van der Waals surface area contributed by atoms with E-state index in [0.717, 1.165) is 20.9 Å². The minimum Gasteiger partial charge on any atom is -0.481 e. The predicted molar refractivity (Wildman–Crippen MR) is 124 cm³/mol. The van der Waals surface area contributed by atoms with Gasteiger partial charge in [0.15, 0.2) is 10.9 Å². The number of carbonyl (C=O) groups excluding carboxylic acids is 1. The lowest BCUT2D eigenvalue weighted by Crippen LogP contribution is -2.35. The standard InChI is InChI=1S/C24H23N3O3S/c1-23(2,21(29)30)15-19(28)16-7-9-17(10-8-16)24(11-13-25-14-12-24)27-22-26-18-5-3-4-6-20(18)31-22/h3-11,13-14H,12,15H2,1-2H3,(H,26,27)(H,29,30). The molecule has 1 aliphatic heterocycles. The van der Waals surface area contributed by atoms with E-state index in [1.807, 2.05) is 48.7 Å². The van der Waals surface area contributed by atoms with Gasteiger partial charge < -0.3 is 10.4 Å². The highest BCUT2D eigenvalue weighted by atomic mass is 32.1. The zero-order valence-electron chi connectivity index (χ0n) is 17.3. The first-order chi connectivity index (χ1) is 14.8. The van der Waals surface area contributed by atoms with Crippen molar-refractivity contribution in [3.63, 3.8) is 0 Å². The third-order valence-corrected chi connectivity index (χ3v) is 6.44. The van der Waals surface area contributed by atoms with Crippen LogP contribution in [-0.2, 0) is 10.3 Å². The number of thiazole rings is 1. The minimum atomic E-state index is -1.10. The Morgan fingerprint density at radius 1 is 1.16 bits per heavy atom. The van der Waals surface area contributed by atoms with Gasteiger partial charge in [0.25, 0.3) is 0 Å². The van der Waals surface area contributed by atoms with Crippen LogP contribution in [0, 0.1) is 5.41 Å². The van der Waals surface area contributed by atoms with Crippen molar-refractivity contribution in [3.05, 3.63) is 71.9 Å². The number of rotatable bonds is 7. The number of carbonyl (C=O) groups is 2. The minimum absolute atomic E-state index is 0.0522. The number of para-hydroxylation sites is 1. The van der Waals surface area contributed by atoms with Gasteiger partial charge in [-0.15, -0.1) is 0 Å². The number of carboxylic acid groups (broad SMARTS) is 1. The number of aliphatic imine (C=N–C) groups is 1. The first-order valence-electron chi connectivity index (χ1n) is 9.99. The van der Waals surface area contributed by atoms with Gasteiger partial charge in [-0.3, -0.25) is 14.6 Å². The number of aromatic nitrogens is 1. The molecule has 1 unspecified atom stereocenters. The van der Waals surface area contributed by atoms with Crippen molar-refractivity contribution >= 4 is 44.7 Å². The quantitative estimate of drug-likeness (QED) is 0.495. The highest BCUT2D eigenvalue weighted by Crippen LogP contribution is 2.36. The van der Waals surface area contributed by atoms with Crippen LogP contribution in [0.5, 0.6) is 0 Å². The Labute approximate surface area is 184 Å². The molecule has 6 nitrogen and oxygen atoms in total. The average Bonchev–Trinajstić information content (AvgIpc) is 3.16. The van der Waals surface area contributed by atoms with E-state index in [-0.39, 0.29) is 12.2 Å². The third kappa shape index (κ3) is 4.27. The Hall–Kier alpha value is -3.32. The SMILES string of the molecule is CC(C)(CC(=O)c1ccc(C2(Nc3nc4ccccc4s3)C=CN=CC2)cc1)C(=O)O. The summed E-state index contributed by atoms with van der Waals surface area (Å²) in [6, 6.07) is 15.3. The first kappa shape index (κ1) is 20.9. The molecule has 3 aromatic rings. The summed E-state index contributed by atoms with van der Waals surface area (Å²) in [5.74, 6) is -1.17. The second kappa shape index (κ2) is 8.07. The Balaban J connectivity index is 1.61. The summed E-state index contributed by atoms with van der Waals surface area (Å²) in [4.78, 5) is 32.9. The van der Waals surface area contributed by atoms with Crippen molar-refractivity contribution in [1.29, 1.82) is 0 Å². The topological polar surface area (TPSA) is 91.7 Å². The van der Waals surface area contributed by atoms with Gasteiger partial charge in [0, 0.05) is 30.8 Å². The molecule has 2 N–H and O–H groups in total. The van der Waals surface area contributed by atoms with Gasteiger partial charge in [-0.25, -0.2) is 4.98 Å². The molecule has 0 aliphatic carbocycles. The maximum Gasteiger partial charge on any atom is 0.309 e. The van der Waals surface area contributed by atoms with Crippen LogP contribution < -0.4 is 5.32 Å². The van der Waals surface area contributed by atoms with Gasteiger partial charge in [0.2, 0.25) is 0 Å². The van der Waals surface area contributed by atoms with Gasteiger partial charge in [0.05, 0.1) is 21.2 Å². The van der Waals surface area contributed by atoms with Crippen LogP contribution in [0.4, 0.5) is 5.13 Å². The van der Waals surface area contributed by atoms with Crippen LogP contribution in [0.1, 0.15) is 42.6 Å². The number of benzene rings is 2. The Kier molecular flexibility index (Phi) is 5.45. The number of anilines is 1. The predicted octanol–water partition coefficient (Wildman–Crippen LogP) is 5.28. The molecule has 1 aromatic heterocycles. The van der Waals surface area contributed by atoms with Crippen molar-refractivity contribution in [1.82, 2.24) is 4.98 Å². The van der Waals surface area contributed by atoms with Crippen LogP contribution in [0.25, 0.3) is 10.2 Å². The van der Waals surface area contributed by atoms with Crippen LogP contribution in [0.3, 0.4) is 0 Å². The lowest BCUT2D eigenvalue weighted by molar-refractivity contribution is -0.146. The average molecular weight is 434 g/mol. The Morgan fingerprint density at radius 3 is 2.55 bits per heavy atom. The number of aliphatic carboxylic acids is 1. The van der Waals surface area contributed by atoms with Crippen molar-refractivity contribution in [3.8, 4) is 0 Å². The fraction of sp³-hybridized carbons (Fsp3) is 0.250. The molecule has 31 heavy (non-hydrogen) atoms. The summed E-state index contributed by atoms with van der Waals surface area (Å²) in [5, 5.41) is 13.7. The molecular weight excluding hydrogens is 410 g/mol. The van der Waals surface area contributed by atoms with E-state index in [4.69, 9.17) is 4.98 Å². The van der Waals surface area contributed by atoms with Crippen molar-refractivity contribution in [2.75, 3.05) is 5.32 Å². The number of ketones is 1.